The van der Waals surface area contributed by atoms with E-state index in [1.807, 2.05) is 36.4 Å². The fourth-order valence-corrected chi connectivity index (χ4v) is 3.59. The number of carbonyl (C=O) groups excluding carboxylic acids is 1. The summed E-state index contributed by atoms with van der Waals surface area (Å²) in [5.74, 6) is -1.34. The van der Waals surface area contributed by atoms with E-state index in [0.29, 0.717) is 13.2 Å². The maximum atomic E-state index is 12.1. The Labute approximate surface area is 150 Å². The first-order chi connectivity index (χ1) is 12.6. The number of amides is 1. The Kier molecular flexibility index (Phi) is 4.34. The molecule has 2 N–H and O–H groups in total. The molecule has 6 heteroatoms. The van der Waals surface area contributed by atoms with Gasteiger partial charge in [-0.05, 0) is 22.3 Å². The highest BCUT2D eigenvalue weighted by atomic mass is 16.5. The highest BCUT2D eigenvalue weighted by Gasteiger charge is 2.36. The number of carbonyl (C=O) groups is 2. The number of rotatable bonds is 5. The van der Waals surface area contributed by atoms with Crippen LogP contribution in [0.15, 0.2) is 48.5 Å². The monoisotopic (exact) mass is 353 g/mol. The topological polar surface area (TPSA) is 84.9 Å². The molecule has 1 atom stereocenters. The van der Waals surface area contributed by atoms with E-state index in [-0.39, 0.29) is 18.4 Å². The van der Waals surface area contributed by atoms with Gasteiger partial charge < -0.3 is 19.9 Å². The normalized spacial score (nSPS) is 16.9. The smallest absolute Gasteiger partial charge is 0.407 e. The van der Waals surface area contributed by atoms with E-state index in [1.165, 1.54) is 0 Å². The van der Waals surface area contributed by atoms with Crippen LogP contribution in [0.4, 0.5) is 4.79 Å². The van der Waals surface area contributed by atoms with Crippen LogP contribution in [-0.4, -0.2) is 43.0 Å². The van der Waals surface area contributed by atoms with Crippen LogP contribution in [0.5, 0.6) is 0 Å². The fourth-order valence-electron chi connectivity index (χ4n) is 3.59. The minimum Gasteiger partial charge on any atom is -0.480 e. The first kappa shape index (κ1) is 16.6. The van der Waals surface area contributed by atoms with Gasteiger partial charge in [-0.2, -0.15) is 0 Å². The predicted molar refractivity (Wildman–Crippen MR) is 93.9 cm³/mol. The van der Waals surface area contributed by atoms with Crippen LogP contribution < -0.4 is 5.32 Å². The van der Waals surface area contributed by atoms with Gasteiger partial charge in [0.15, 0.2) is 0 Å². The highest BCUT2D eigenvalue weighted by Crippen LogP contribution is 2.44. The van der Waals surface area contributed by atoms with Crippen LogP contribution >= 0.6 is 0 Å². The number of fused-ring (bicyclic) bond motifs is 3. The van der Waals surface area contributed by atoms with Crippen LogP contribution in [0.1, 0.15) is 17.0 Å². The zero-order valence-corrected chi connectivity index (χ0v) is 14.1. The molecular weight excluding hydrogens is 334 g/mol. The van der Waals surface area contributed by atoms with Gasteiger partial charge >= 0.3 is 12.1 Å². The molecule has 1 saturated heterocycles. The molecule has 6 nitrogen and oxygen atoms in total. The van der Waals surface area contributed by atoms with Crippen molar-refractivity contribution in [2.75, 3.05) is 19.8 Å². The van der Waals surface area contributed by atoms with Crippen molar-refractivity contribution in [2.45, 2.75) is 12.0 Å². The molecule has 1 heterocycles. The molecular formula is C20H19NO5. The average Bonchev–Trinajstić information content (AvgIpc) is 2.92. The first-order valence-electron chi connectivity index (χ1n) is 8.57. The van der Waals surface area contributed by atoms with E-state index in [2.05, 4.69) is 17.4 Å². The molecule has 1 fully saturated rings. The summed E-state index contributed by atoms with van der Waals surface area (Å²) in [4.78, 5) is 23.5. The second-order valence-corrected chi connectivity index (χ2v) is 6.58. The van der Waals surface area contributed by atoms with Crippen LogP contribution in [-0.2, 0) is 14.3 Å². The Morgan fingerprint density at radius 2 is 1.65 bits per heavy atom. The molecule has 0 unspecified atom stereocenters. The standard InChI is InChI=1S/C20H19NO5/c22-19(23)18(12-9-25-10-12)21-20(24)26-11-17-15-7-3-1-5-13(15)14-6-2-4-8-16(14)17/h1-8,12,17-18H,9-11H2,(H,21,24)(H,22,23)/t18-/m1/s1. The molecule has 2 aromatic rings. The number of alkyl carbamates (subject to hydrolysis) is 1. The summed E-state index contributed by atoms with van der Waals surface area (Å²) in [6.45, 7) is 0.828. The average molecular weight is 353 g/mol. The molecule has 2 aliphatic rings. The number of hydrogen-bond donors (Lipinski definition) is 2. The molecule has 0 bridgehead atoms. The Bertz CT molecular complexity index is 800. The van der Waals surface area contributed by atoms with Crippen LogP contribution in [0.25, 0.3) is 11.1 Å². The van der Waals surface area contributed by atoms with Gasteiger partial charge in [0.1, 0.15) is 12.6 Å². The predicted octanol–water partition coefficient (Wildman–Crippen LogP) is 2.62. The van der Waals surface area contributed by atoms with Gasteiger partial charge in [-0.25, -0.2) is 9.59 Å². The number of hydrogen-bond acceptors (Lipinski definition) is 4. The molecule has 0 aromatic heterocycles. The number of carboxylic acids is 1. The van der Waals surface area contributed by atoms with E-state index in [0.717, 1.165) is 22.3 Å². The Morgan fingerprint density at radius 1 is 1.08 bits per heavy atom. The van der Waals surface area contributed by atoms with E-state index >= 15 is 0 Å². The first-order valence-corrected chi connectivity index (χ1v) is 8.57. The van der Waals surface area contributed by atoms with E-state index < -0.39 is 18.1 Å². The van der Waals surface area contributed by atoms with Crippen molar-refractivity contribution in [1.82, 2.24) is 5.32 Å². The number of benzene rings is 2. The molecule has 0 saturated carbocycles. The molecule has 1 aliphatic carbocycles. The van der Waals surface area contributed by atoms with Crippen LogP contribution in [0, 0.1) is 5.92 Å². The lowest BCUT2D eigenvalue weighted by molar-refractivity contribution is -0.147. The summed E-state index contributed by atoms with van der Waals surface area (Å²) >= 11 is 0. The zero-order chi connectivity index (χ0) is 18.1. The van der Waals surface area contributed by atoms with Crippen molar-refractivity contribution in [3.8, 4) is 11.1 Å². The Balaban J connectivity index is 1.46. The number of nitrogens with one attached hydrogen (secondary N) is 1. The maximum absolute atomic E-state index is 12.1. The summed E-state index contributed by atoms with van der Waals surface area (Å²) in [6, 6.07) is 15.1. The van der Waals surface area contributed by atoms with Gasteiger partial charge in [-0.1, -0.05) is 48.5 Å². The second-order valence-electron chi connectivity index (χ2n) is 6.58. The molecule has 26 heavy (non-hydrogen) atoms. The third-order valence-corrected chi connectivity index (χ3v) is 5.02. The van der Waals surface area contributed by atoms with Crippen molar-refractivity contribution in [1.29, 1.82) is 0 Å². The molecule has 1 aliphatic heterocycles. The van der Waals surface area contributed by atoms with Gasteiger partial charge in [0, 0.05) is 11.8 Å². The lowest BCUT2D eigenvalue weighted by atomic mass is 9.98. The number of aliphatic carboxylic acids is 1. The third kappa shape index (κ3) is 2.93. The SMILES string of the molecule is O=C(N[C@@H](C(=O)O)C1COC1)OCC1c2ccccc2-c2ccccc21. The summed E-state index contributed by atoms with van der Waals surface area (Å²) < 4.78 is 10.4. The van der Waals surface area contributed by atoms with Crippen LogP contribution in [0.3, 0.4) is 0 Å². The zero-order valence-electron chi connectivity index (χ0n) is 14.1. The molecule has 2 aromatic carbocycles. The second kappa shape index (κ2) is 6.80. The summed E-state index contributed by atoms with van der Waals surface area (Å²) in [5, 5.41) is 11.7. The van der Waals surface area contributed by atoms with Gasteiger partial charge in [-0.15, -0.1) is 0 Å². The molecule has 4 rings (SSSR count). The lowest BCUT2D eigenvalue weighted by Crippen LogP contribution is -2.52. The molecule has 0 radical (unpaired) electrons. The minimum atomic E-state index is -1.08. The highest BCUT2D eigenvalue weighted by molar-refractivity contribution is 5.81. The van der Waals surface area contributed by atoms with Crippen molar-refractivity contribution in [3.05, 3.63) is 59.7 Å². The molecule has 0 spiro atoms. The van der Waals surface area contributed by atoms with E-state index in [1.54, 1.807) is 0 Å². The van der Waals surface area contributed by atoms with Crippen molar-refractivity contribution in [2.24, 2.45) is 5.92 Å². The molecule has 1 amide bonds. The Hall–Kier alpha value is -2.86. The quantitative estimate of drug-likeness (QED) is 0.863. The lowest BCUT2D eigenvalue weighted by Gasteiger charge is -2.31. The van der Waals surface area contributed by atoms with Crippen molar-refractivity contribution >= 4 is 12.1 Å². The number of carboxylic acid groups (broad SMARTS) is 1. The largest absolute Gasteiger partial charge is 0.480 e. The van der Waals surface area contributed by atoms with E-state index in [9.17, 15) is 14.7 Å². The van der Waals surface area contributed by atoms with Crippen molar-refractivity contribution < 1.29 is 24.2 Å². The summed E-state index contributed by atoms with van der Waals surface area (Å²) in [5.41, 5.74) is 4.52. The van der Waals surface area contributed by atoms with Gasteiger partial charge in [-0.3, -0.25) is 0 Å². The Morgan fingerprint density at radius 3 is 2.15 bits per heavy atom. The third-order valence-electron chi connectivity index (χ3n) is 5.02. The fraction of sp³-hybridized carbons (Fsp3) is 0.300. The number of ether oxygens (including phenoxy) is 2. The maximum Gasteiger partial charge on any atom is 0.407 e. The van der Waals surface area contributed by atoms with Crippen LogP contribution in [0.2, 0.25) is 0 Å². The van der Waals surface area contributed by atoms with Gasteiger partial charge in [0.25, 0.3) is 0 Å². The summed E-state index contributed by atoms with van der Waals surface area (Å²) in [6.07, 6.45) is -0.717. The molecule has 134 valence electrons. The van der Waals surface area contributed by atoms with E-state index in [4.69, 9.17) is 9.47 Å². The van der Waals surface area contributed by atoms with Crippen molar-refractivity contribution in [3.63, 3.8) is 0 Å². The van der Waals surface area contributed by atoms with Gasteiger partial charge in [0.2, 0.25) is 0 Å². The summed E-state index contributed by atoms with van der Waals surface area (Å²) in [7, 11) is 0. The van der Waals surface area contributed by atoms with Gasteiger partial charge in [0.05, 0.1) is 13.2 Å². The minimum absolute atomic E-state index is 0.0523.